The van der Waals surface area contributed by atoms with Crippen molar-refractivity contribution in [2.75, 3.05) is 0 Å². The average Bonchev–Trinajstić information content (AvgIpc) is 3.77. The summed E-state index contributed by atoms with van der Waals surface area (Å²) in [5.74, 6) is 3.94. The zero-order chi connectivity index (χ0) is 42.0. The van der Waals surface area contributed by atoms with Crippen molar-refractivity contribution < 1.29 is 0 Å². The van der Waals surface area contributed by atoms with Gasteiger partial charge < -0.3 is 5.32 Å². The van der Waals surface area contributed by atoms with E-state index in [1.807, 2.05) is 121 Å². The quantitative estimate of drug-likeness (QED) is 0.157. The van der Waals surface area contributed by atoms with Crippen LogP contribution in [0.1, 0.15) is 22.9 Å². The molecule has 2 aromatic heterocycles. The molecule has 3 heterocycles. The fourth-order valence-electron chi connectivity index (χ4n) is 7.99. The Balaban J connectivity index is 1.10. The molecule has 0 saturated carbocycles. The first-order valence-corrected chi connectivity index (χ1v) is 20.9. The Morgan fingerprint density at radius 1 is 0.381 bits per heavy atom. The molecule has 0 spiro atoms. The molecular weight excluding hydrogens is 773 g/mol. The van der Waals surface area contributed by atoms with Gasteiger partial charge in [0.05, 0.1) is 11.0 Å². The lowest BCUT2D eigenvalue weighted by atomic mass is 9.98. The van der Waals surface area contributed by atoms with Crippen LogP contribution in [0.25, 0.3) is 73.4 Å². The van der Waals surface area contributed by atoms with Gasteiger partial charge in [-0.3, -0.25) is 4.57 Å². The van der Waals surface area contributed by atoms with Crippen LogP contribution in [0.3, 0.4) is 0 Å². The molecule has 1 aliphatic heterocycles. The van der Waals surface area contributed by atoms with E-state index in [9.17, 15) is 0 Å². The van der Waals surface area contributed by atoms with Gasteiger partial charge in [-0.2, -0.15) is 0 Å². The van der Waals surface area contributed by atoms with E-state index in [1.54, 1.807) is 0 Å². The van der Waals surface area contributed by atoms with Crippen LogP contribution < -0.4 is 5.32 Å². The molecule has 8 nitrogen and oxygen atoms in total. The van der Waals surface area contributed by atoms with Gasteiger partial charge in [-0.25, -0.2) is 29.9 Å². The van der Waals surface area contributed by atoms with Gasteiger partial charge in [0.15, 0.2) is 23.3 Å². The predicted octanol–water partition coefficient (Wildman–Crippen LogP) is 12.0. The second kappa shape index (κ2) is 16.4. The molecule has 1 atom stereocenters. The van der Waals surface area contributed by atoms with E-state index in [-0.39, 0.29) is 6.17 Å². The highest BCUT2D eigenvalue weighted by atomic mass is 15.2. The van der Waals surface area contributed by atoms with E-state index in [0.717, 1.165) is 78.5 Å². The van der Waals surface area contributed by atoms with Crippen molar-refractivity contribution in [1.82, 2.24) is 29.8 Å². The van der Waals surface area contributed by atoms with Crippen molar-refractivity contribution >= 4 is 22.7 Å². The SMILES string of the molecule is c1ccc(C2=NC(c3cc(-c4ccc(-n5c(-c6ccccc6)nc6ccccc65)cc4)cc(-c4nc(-c5ccccc5)nc(-c5ccccc5)n4)c3)=NC(c3ccccc3)N2)cc1. The van der Waals surface area contributed by atoms with Crippen LogP contribution in [0, 0.1) is 0 Å². The lowest BCUT2D eigenvalue weighted by Gasteiger charge is -2.24. The Kier molecular flexibility index (Phi) is 9.76. The van der Waals surface area contributed by atoms with Gasteiger partial charge in [0.25, 0.3) is 0 Å². The number of aliphatic imine (C=N–C) groups is 2. The van der Waals surface area contributed by atoms with Crippen LogP contribution in [0.5, 0.6) is 0 Å². The molecule has 10 aromatic rings. The van der Waals surface area contributed by atoms with Gasteiger partial charge in [-0.05, 0) is 59.2 Å². The summed E-state index contributed by atoms with van der Waals surface area (Å²) < 4.78 is 2.23. The number of hydrogen-bond donors (Lipinski definition) is 1. The number of amidine groups is 2. The third-order valence-electron chi connectivity index (χ3n) is 11.1. The number of rotatable bonds is 9. The summed E-state index contributed by atoms with van der Waals surface area (Å²) in [4.78, 5) is 30.8. The molecule has 0 radical (unpaired) electrons. The molecule has 0 aliphatic carbocycles. The fraction of sp³-hybridized carbons (Fsp3) is 0.0182. The van der Waals surface area contributed by atoms with Gasteiger partial charge >= 0.3 is 0 Å². The number of aromatic nitrogens is 5. The van der Waals surface area contributed by atoms with E-state index in [2.05, 4.69) is 107 Å². The third-order valence-corrected chi connectivity index (χ3v) is 11.1. The smallest absolute Gasteiger partial charge is 0.164 e. The normalized spacial score (nSPS) is 13.6. The van der Waals surface area contributed by atoms with Crippen molar-refractivity contribution in [2.24, 2.45) is 9.98 Å². The van der Waals surface area contributed by atoms with Crippen molar-refractivity contribution in [1.29, 1.82) is 0 Å². The van der Waals surface area contributed by atoms with Crippen LogP contribution in [-0.2, 0) is 0 Å². The zero-order valence-corrected chi connectivity index (χ0v) is 34.0. The number of nitrogens with zero attached hydrogens (tertiary/aromatic N) is 7. The molecule has 8 heteroatoms. The number of fused-ring (bicyclic) bond motifs is 1. The average molecular weight is 811 g/mol. The molecule has 63 heavy (non-hydrogen) atoms. The molecule has 1 unspecified atom stereocenters. The summed E-state index contributed by atoms with van der Waals surface area (Å²) in [6.07, 6.45) is -0.365. The van der Waals surface area contributed by atoms with Gasteiger partial charge in [-0.1, -0.05) is 176 Å². The summed E-state index contributed by atoms with van der Waals surface area (Å²) >= 11 is 0. The van der Waals surface area contributed by atoms with Gasteiger partial charge in [0.2, 0.25) is 0 Å². The van der Waals surface area contributed by atoms with E-state index in [0.29, 0.717) is 23.3 Å². The molecule has 0 amide bonds. The van der Waals surface area contributed by atoms with Gasteiger partial charge in [-0.15, -0.1) is 0 Å². The van der Waals surface area contributed by atoms with E-state index in [1.165, 1.54) is 0 Å². The van der Waals surface area contributed by atoms with E-state index >= 15 is 0 Å². The Labute approximate surface area is 364 Å². The van der Waals surface area contributed by atoms with Crippen LogP contribution in [0.15, 0.2) is 228 Å². The maximum Gasteiger partial charge on any atom is 0.164 e. The van der Waals surface area contributed by atoms with Crippen molar-refractivity contribution in [3.05, 3.63) is 235 Å². The molecule has 1 N–H and O–H groups in total. The molecule has 298 valence electrons. The first-order valence-electron chi connectivity index (χ1n) is 20.9. The van der Waals surface area contributed by atoms with Crippen LogP contribution in [0.2, 0.25) is 0 Å². The second-order valence-electron chi connectivity index (χ2n) is 15.2. The minimum absolute atomic E-state index is 0.365. The maximum absolute atomic E-state index is 5.27. The summed E-state index contributed by atoms with van der Waals surface area (Å²) in [6, 6.07) is 74.2. The lowest BCUT2D eigenvalue weighted by Crippen LogP contribution is -2.33. The molecule has 8 aromatic carbocycles. The molecule has 0 bridgehead atoms. The Morgan fingerprint density at radius 3 is 1.49 bits per heavy atom. The first kappa shape index (κ1) is 37.4. The second-order valence-corrected chi connectivity index (χ2v) is 15.2. The molecule has 1 aliphatic rings. The standard InChI is InChI=1S/C55H38N8/c1-6-18-38(19-7-1)49-57-50(39-20-8-2-9-21-39)60-53(59-49)44-34-43(35-45(36-44)54-61-51(40-22-10-3-11-23-40)58-52(62-54)41-24-12-4-13-25-41)37-30-32-46(33-31-37)63-48-29-17-16-28-47(48)56-55(63)42-26-14-5-15-27-42/h1-36,49H,(H,57,59,60). The van der Waals surface area contributed by atoms with E-state index < -0.39 is 0 Å². The summed E-state index contributed by atoms with van der Waals surface area (Å²) in [5.41, 5.74) is 11.4. The van der Waals surface area contributed by atoms with Crippen LogP contribution in [-0.4, -0.2) is 36.2 Å². The highest BCUT2D eigenvalue weighted by molar-refractivity contribution is 6.13. The van der Waals surface area contributed by atoms with E-state index in [4.69, 9.17) is 29.9 Å². The molecule has 0 saturated heterocycles. The fourth-order valence-corrected chi connectivity index (χ4v) is 7.99. The molecule has 11 rings (SSSR count). The number of nitrogens with one attached hydrogen (secondary N) is 1. The largest absolute Gasteiger partial charge is 0.344 e. The van der Waals surface area contributed by atoms with Gasteiger partial charge in [0, 0.05) is 39.1 Å². The van der Waals surface area contributed by atoms with Crippen molar-refractivity contribution in [3.8, 4) is 62.4 Å². The Morgan fingerprint density at radius 2 is 0.873 bits per heavy atom. The van der Waals surface area contributed by atoms with Crippen LogP contribution in [0.4, 0.5) is 0 Å². The Bertz CT molecular complexity index is 3220. The lowest BCUT2D eigenvalue weighted by molar-refractivity contribution is 0.674. The molecule has 0 fully saturated rings. The third kappa shape index (κ3) is 7.58. The van der Waals surface area contributed by atoms with Crippen LogP contribution >= 0.6 is 0 Å². The topological polar surface area (TPSA) is 93.2 Å². The maximum atomic E-state index is 5.27. The number of hydrogen-bond acceptors (Lipinski definition) is 7. The number of benzene rings is 8. The summed E-state index contributed by atoms with van der Waals surface area (Å²) in [5, 5.41) is 3.60. The van der Waals surface area contributed by atoms with Gasteiger partial charge in [0.1, 0.15) is 17.8 Å². The minimum Gasteiger partial charge on any atom is -0.344 e. The minimum atomic E-state index is -0.365. The predicted molar refractivity (Wildman–Crippen MR) is 253 cm³/mol. The highest BCUT2D eigenvalue weighted by Gasteiger charge is 2.23. The van der Waals surface area contributed by atoms with Crippen molar-refractivity contribution in [3.63, 3.8) is 0 Å². The Hall–Kier alpha value is -8.62. The van der Waals surface area contributed by atoms with Crippen molar-refractivity contribution in [2.45, 2.75) is 6.17 Å². The monoisotopic (exact) mass is 810 g/mol. The number of para-hydroxylation sites is 2. The molecular formula is C55H38N8. The highest BCUT2D eigenvalue weighted by Crippen LogP contribution is 2.34. The first-order chi connectivity index (χ1) is 31.2. The summed E-state index contributed by atoms with van der Waals surface area (Å²) in [7, 11) is 0. The zero-order valence-electron chi connectivity index (χ0n) is 34.0. The summed E-state index contributed by atoms with van der Waals surface area (Å²) in [6.45, 7) is 0. The number of imidazole rings is 1.